The van der Waals surface area contributed by atoms with Crippen molar-refractivity contribution in [3.05, 3.63) is 65.8 Å². The number of fused-ring (bicyclic) bond motifs is 1. The number of carbonyl (C=O) groups is 1. The molecule has 0 saturated carbocycles. The van der Waals surface area contributed by atoms with Crippen LogP contribution in [0.4, 0.5) is 0 Å². The van der Waals surface area contributed by atoms with E-state index in [0.717, 1.165) is 22.0 Å². The molecule has 4 heteroatoms. The van der Waals surface area contributed by atoms with Crippen LogP contribution in [0.2, 0.25) is 0 Å². The molecule has 0 bridgehead atoms. The van der Waals surface area contributed by atoms with Gasteiger partial charge in [0.05, 0.1) is 0 Å². The molecule has 2 aromatic rings. The number of primary amides is 1. The highest BCUT2D eigenvalue weighted by Crippen LogP contribution is 2.22. The fraction of sp³-hybridized carbons (Fsp3) is 0.111. The monoisotopic (exact) mass is 291 g/mol. The molecular weight excluding hydrogens is 274 g/mol. The summed E-state index contributed by atoms with van der Waals surface area (Å²) in [6.07, 6.45) is 3.18. The molecule has 0 spiro atoms. The molecule has 0 aliphatic rings. The minimum atomic E-state index is -0.727. The van der Waals surface area contributed by atoms with Crippen LogP contribution < -0.4 is 5.73 Å². The molecule has 0 saturated heterocycles. The Kier molecular flexibility index (Phi) is 4.60. The third-order valence-corrected chi connectivity index (χ3v) is 3.32. The summed E-state index contributed by atoms with van der Waals surface area (Å²) in [7, 11) is 3.82. The van der Waals surface area contributed by atoms with Crippen molar-refractivity contribution < 1.29 is 4.79 Å². The van der Waals surface area contributed by atoms with Crippen molar-refractivity contribution in [3.8, 4) is 6.07 Å². The van der Waals surface area contributed by atoms with Crippen molar-refractivity contribution in [2.45, 2.75) is 0 Å². The van der Waals surface area contributed by atoms with E-state index in [1.54, 1.807) is 12.1 Å². The SMILES string of the molecule is CN(C)C(=CC=C(C#N)C(N)=O)c1ccc2ccccc2c1. The largest absolute Gasteiger partial charge is 0.377 e. The molecule has 4 nitrogen and oxygen atoms in total. The van der Waals surface area contributed by atoms with E-state index in [-0.39, 0.29) is 5.57 Å². The van der Waals surface area contributed by atoms with E-state index in [4.69, 9.17) is 11.0 Å². The minimum absolute atomic E-state index is 0.0693. The maximum Gasteiger partial charge on any atom is 0.259 e. The third-order valence-electron chi connectivity index (χ3n) is 3.32. The van der Waals surface area contributed by atoms with Crippen LogP contribution in [0.25, 0.3) is 16.5 Å². The molecule has 0 aliphatic heterocycles. The van der Waals surface area contributed by atoms with Gasteiger partial charge in [-0.05, 0) is 34.6 Å². The Labute approximate surface area is 129 Å². The fourth-order valence-corrected chi connectivity index (χ4v) is 2.19. The summed E-state index contributed by atoms with van der Waals surface area (Å²) in [5.41, 5.74) is 6.97. The lowest BCUT2D eigenvalue weighted by molar-refractivity contribution is -0.114. The molecular formula is C18H17N3O. The number of allylic oxidation sites excluding steroid dienone is 2. The van der Waals surface area contributed by atoms with E-state index in [0.29, 0.717) is 0 Å². The first-order valence-corrected chi connectivity index (χ1v) is 6.81. The highest BCUT2D eigenvalue weighted by atomic mass is 16.1. The van der Waals surface area contributed by atoms with Crippen LogP contribution >= 0.6 is 0 Å². The van der Waals surface area contributed by atoms with E-state index in [1.165, 1.54) is 6.08 Å². The second-order valence-electron chi connectivity index (χ2n) is 5.06. The Morgan fingerprint density at radius 2 is 1.82 bits per heavy atom. The second kappa shape index (κ2) is 6.59. The van der Waals surface area contributed by atoms with Gasteiger partial charge in [-0.1, -0.05) is 36.4 Å². The number of nitrogens with zero attached hydrogens (tertiary/aromatic N) is 2. The molecule has 2 rings (SSSR count). The van der Waals surface area contributed by atoms with Crippen LogP contribution in [-0.2, 0) is 4.79 Å². The third kappa shape index (κ3) is 3.33. The number of hydrogen-bond acceptors (Lipinski definition) is 3. The lowest BCUT2D eigenvalue weighted by atomic mass is 10.0. The zero-order chi connectivity index (χ0) is 16.1. The molecule has 0 aromatic heterocycles. The quantitative estimate of drug-likeness (QED) is 0.535. The van der Waals surface area contributed by atoms with Crippen molar-refractivity contribution in [1.29, 1.82) is 5.26 Å². The molecule has 0 unspecified atom stereocenters. The van der Waals surface area contributed by atoms with Crippen LogP contribution in [0.1, 0.15) is 5.56 Å². The highest BCUT2D eigenvalue weighted by Gasteiger charge is 2.06. The van der Waals surface area contributed by atoms with E-state index in [1.807, 2.05) is 49.3 Å². The lowest BCUT2D eigenvalue weighted by Gasteiger charge is -2.17. The smallest absolute Gasteiger partial charge is 0.259 e. The number of benzene rings is 2. The first-order valence-electron chi connectivity index (χ1n) is 6.81. The Morgan fingerprint density at radius 1 is 1.14 bits per heavy atom. The number of nitrogens with two attached hydrogens (primary N) is 1. The van der Waals surface area contributed by atoms with Crippen molar-refractivity contribution in [3.63, 3.8) is 0 Å². The van der Waals surface area contributed by atoms with Gasteiger partial charge in [0.1, 0.15) is 11.6 Å². The van der Waals surface area contributed by atoms with Crippen molar-refractivity contribution in [2.24, 2.45) is 5.73 Å². The molecule has 0 fully saturated rings. The van der Waals surface area contributed by atoms with Gasteiger partial charge in [-0.15, -0.1) is 0 Å². The number of rotatable bonds is 4. The summed E-state index contributed by atoms with van der Waals surface area (Å²) >= 11 is 0. The molecule has 22 heavy (non-hydrogen) atoms. The van der Waals surface area contributed by atoms with Gasteiger partial charge in [0.25, 0.3) is 5.91 Å². The predicted molar refractivity (Wildman–Crippen MR) is 88.5 cm³/mol. The maximum atomic E-state index is 11.1. The van der Waals surface area contributed by atoms with Crippen molar-refractivity contribution in [1.82, 2.24) is 4.90 Å². The topological polar surface area (TPSA) is 70.1 Å². The first-order chi connectivity index (χ1) is 10.5. The summed E-state index contributed by atoms with van der Waals surface area (Å²) in [5.74, 6) is -0.727. The van der Waals surface area contributed by atoms with Crippen LogP contribution in [0.5, 0.6) is 0 Å². The molecule has 1 amide bonds. The fourth-order valence-electron chi connectivity index (χ4n) is 2.19. The molecule has 0 atom stereocenters. The second-order valence-corrected chi connectivity index (χ2v) is 5.06. The van der Waals surface area contributed by atoms with Crippen LogP contribution in [0.15, 0.2) is 60.2 Å². The first kappa shape index (κ1) is 15.3. The highest BCUT2D eigenvalue weighted by molar-refractivity contribution is 5.96. The number of nitriles is 1. The van der Waals surface area contributed by atoms with Crippen molar-refractivity contribution in [2.75, 3.05) is 14.1 Å². The summed E-state index contributed by atoms with van der Waals surface area (Å²) in [5, 5.41) is 11.2. The zero-order valence-electron chi connectivity index (χ0n) is 12.6. The summed E-state index contributed by atoms with van der Waals surface area (Å²) in [6.45, 7) is 0. The average molecular weight is 291 g/mol. The van der Waals surface area contributed by atoms with Gasteiger partial charge in [0, 0.05) is 19.8 Å². The van der Waals surface area contributed by atoms with E-state index in [2.05, 4.69) is 12.1 Å². The summed E-state index contributed by atoms with van der Waals surface area (Å²) in [4.78, 5) is 13.0. The van der Waals surface area contributed by atoms with Crippen molar-refractivity contribution >= 4 is 22.4 Å². The Hall–Kier alpha value is -3.06. The lowest BCUT2D eigenvalue weighted by Crippen LogP contribution is -2.13. The molecule has 0 heterocycles. The molecule has 2 aromatic carbocycles. The Balaban J connectivity index is 2.51. The van der Waals surface area contributed by atoms with Crippen LogP contribution in [0, 0.1) is 11.3 Å². The van der Waals surface area contributed by atoms with E-state index in [9.17, 15) is 4.79 Å². The van der Waals surface area contributed by atoms with Crippen LogP contribution in [-0.4, -0.2) is 24.9 Å². The van der Waals surface area contributed by atoms with Gasteiger partial charge in [-0.25, -0.2) is 0 Å². The normalized spacial score (nSPS) is 12.0. The number of amides is 1. The summed E-state index contributed by atoms with van der Waals surface area (Å²) in [6, 6.07) is 16.0. The Bertz CT molecular complexity index is 810. The molecule has 0 aliphatic carbocycles. The van der Waals surface area contributed by atoms with Gasteiger partial charge in [0.2, 0.25) is 0 Å². The molecule has 2 N–H and O–H groups in total. The number of carbonyl (C=O) groups excluding carboxylic acids is 1. The van der Waals surface area contributed by atoms with Gasteiger partial charge in [-0.2, -0.15) is 5.26 Å². The van der Waals surface area contributed by atoms with Crippen LogP contribution in [0.3, 0.4) is 0 Å². The zero-order valence-corrected chi connectivity index (χ0v) is 12.6. The predicted octanol–water partition coefficient (Wildman–Crippen LogP) is 2.68. The maximum absolute atomic E-state index is 11.1. The van der Waals surface area contributed by atoms with Gasteiger partial charge in [-0.3, -0.25) is 4.79 Å². The number of hydrogen-bond donors (Lipinski definition) is 1. The van der Waals surface area contributed by atoms with Gasteiger partial charge < -0.3 is 10.6 Å². The molecule has 110 valence electrons. The average Bonchev–Trinajstić information content (AvgIpc) is 2.50. The molecule has 0 radical (unpaired) electrons. The van der Waals surface area contributed by atoms with Gasteiger partial charge in [0.15, 0.2) is 0 Å². The Morgan fingerprint density at radius 3 is 2.41 bits per heavy atom. The van der Waals surface area contributed by atoms with Gasteiger partial charge >= 0.3 is 0 Å². The minimum Gasteiger partial charge on any atom is -0.377 e. The summed E-state index contributed by atoms with van der Waals surface area (Å²) < 4.78 is 0. The standard InChI is InChI=1S/C18H17N3O/c1-21(2)17(10-9-16(12-19)18(20)22)15-8-7-13-5-3-4-6-14(13)11-15/h3-11H,1-2H3,(H2,20,22). The van der Waals surface area contributed by atoms with E-state index >= 15 is 0 Å². The van der Waals surface area contributed by atoms with E-state index < -0.39 is 5.91 Å².